The van der Waals surface area contributed by atoms with E-state index in [9.17, 15) is 4.79 Å². The average molecular weight is 307 g/mol. The number of aryl methyl sites for hydroxylation is 1. The molecule has 1 fully saturated rings. The Balaban J connectivity index is 1.65. The topological polar surface area (TPSA) is 38.3 Å². The second-order valence-electron chi connectivity index (χ2n) is 5.64. The molecule has 0 bridgehead atoms. The molecule has 0 radical (unpaired) electrons. The molecular formula is C17H25NO2S. The molecule has 3 nitrogen and oxygen atoms in total. The fourth-order valence-corrected chi connectivity index (χ4v) is 3.76. The van der Waals surface area contributed by atoms with Gasteiger partial charge in [-0.1, -0.05) is 25.0 Å². The number of thioether (sulfide) groups is 1. The van der Waals surface area contributed by atoms with E-state index in [0.717, 1.165) is 28.9 Å². The molecule has 0 heterocycles. The molecule has 1 aromatic carbocycles. The van der Waals surface area contributed by atoms with Crippen LogP contribution in [0.15, 0.2) is 24.3 Å². The summed E-state index contributed by atoms with van der Waals surface area (Å²) in [7, 11) is 0. The van der Waals surface area contributed by atoms with Gasteiger partial charge < -0.3 is 10.1 Å². The van der Waals surface area contributed by atoms with Gasteiger partial charge in [0.05, 0.1) is 0 Å². The fourth-order valence-electron chi connectivity index (χ4n) is 2.54. The lowest BCUT2D eigenvalue weighted by atomic mass is 10.2. The van der Waals surface area contributed by atoms with E-state index < -0.39 is 6.10 Å². The van der Waals surface area contributed by atoms with E-state index in [1.54, 1.807) is 6.92 Å². The van der Waals surface area contributed by atoms with Crippen molar-refractivity contribution < 1.29 is 9.53 Å². The summed E-state index contributed by atoms with van der Waals surface area (Å²) in [5, 5.41) is 3.76. The van der Waals surface area contributed by atoms with Gasteiger partial charge in [0.1, 0.15) is 5.75 Å². The van der Waals surface area contributed by atoms with Gasteiger partial charge >= 0.3 is 0 Å². The maximum atomic E-state index is 12.0. The zero-order valence-electron chi connectivity index (χ0n) is 12.9. The molecular weight excluding hydrogens is 282 g/mol. The highest BCUT2D eigenvalue weighted by Gasteiger charge is 2.16. The predicted octanol–water partition coefficient (Wildman–Crippen LogP) is 3.55. The third kappa shape index (κ3) is 5.62. The fraction of sp³-hybridized carbons (Fsp3) is 0.588. The predicted molar refractivity (Wildman–Crippen MR) is 89.0 cm³/mol. The molecule has 1 saturated carbocycles. The molecule has 1 atom stereocenters. The molecule has 1 amide bonds. The average Bonchev–Trinajstić information content (AvgIpc) is 2.96. The Morgan fingerprint density at radius 2 is 2.19 bits per heavy atom. The number of rotatable bonds is 7. The van der Waals surface area contributed by atoms with Gasteiger partial charge in [0.15, 0.2) is 6.10 Å². The maximum Gasteiger partial charge on any atom is 0.260 e. The van der Waals surface area contributed by atoms with Crippen molar-refractivity contribution in [1.82, 2.24) is 5.32 Å². The number of carbonyl (C=O) groups excluding carboxylic acids is 1. The molecule has 0 spiro atoms. The lowest BCUT2D eigenvalue weighted by molar-refractivity contribution is -0.127. The van der Waals surface area contributed by atoms with Crippen LogP contribution in [0.5, 0.6) is 5.75 Å². The van der Waals surface area contributed by atoms with E-state index >= 15 is 0 Å². The zero-order valence-corrected chi connectivity index (χ0v) is 13.7. The zero-order chi connectivity index (χ0) is 15.1. The first kappa shape index (κ1) is 16.2. The van der Waals surface area contributed by atoms with Crippen LogP contribution in [0.1, 0.15) is 38.2 Å². The highest BCUT2D eigenvalue weighted by Crippen LogP contribution is 2.28. The Hall–Kier alpha value is -1.16. The molecule has 1 aliphatic rings. The largest absolute Gasteiger partial charge is 0.481 e. The first-order chi connectivity index (χ1) is 10.1. The summed E-state index contributed by atoms with van der Waals surface area (Å²) in [6.45, 7) is 4.53. The van der Waals surface area contributed by atoms with Gasteiger partial charge in [-0.25, -0.2) is 0 Å². The molecule has 116 valence electrons. The Bertz CT molecular complexity index is 458. The van der Waals surface area contributed by atoms with E-state index in [-0.39, 0.29) is 5.91 Å². The van der Waals surface area contributed by atoms with Gasteiger partial charge in [0.2, 0.25) is 0 Å². The minimum absolute atomic E-state index is 0.0384. The Morgan fingerprint density at radius 1 is 1.43 bits per heavy atom. The van der Waals surface area contributed by atoms with Gasteiger partial charge in [-0.05, 0) is 44.4 Å². The van der Waals surface area contributed by atoms with Crippen LogP contribution in [0.2, 0.25) is 0 Å². The van der Waals surface area contributed by atoms with Crippen molar-refractivity contribution in [3.05, 3.63) is 29.8 Å². The molecule has 1 unspecified atom stereocenters. The Kier molecular flexibility index (Phi) is 6.43. The molecule has 21 heavy (non-hydrogen) atoms. The minimum Gasteiger partial charge on any atom is -0.481 e. The molecule has 0 aromatic heterocycles. The SMILES string of the molecule is Cc1cccc(OC(C)C(=O)NCCSC2CCCC2)c1. The van der Waals surface area contributed by atoms with Crippen molar-refractivity contribution in [2.24, 2.45) is 0 Å². The minimum atomic E-state index is -0.455. The van der Waals surface area contributed by atoms with Crippen LogP contribution in [-0.4, -0.2) is 29.6 Å². The summed E-state index contributed by atoms with van der Waals surface area (Å²) in [4.78, 5) is 12.0. The van der Waals surface area contributed by atoms with Gasteiger partial charge in [-0.2, -0.15) is 11.8 Å². The molecule has 0 saturated heterocycles. The number of ether oxygens (including phenoxy) is 1. The number of carbonyl (C=O) groups is 1. The molecule has 2 rings (SSSR count). The van der Waals surface area contributed by atoms with E-state index in [0.29, 0.717) is 0 Å². The molecule has 0 aliphatic heterocycles. The van der Waals surface area contributed by atoms with Crippen LogP contribution in [0.3, 0.4) is 0 Å². The van der Waals surface area contributed by atoms with Crippen molar-refractivity contribution in [3.8, 4) is 5.75 Å². The number of benzene rings is 1. The van der Waals surface area contributed by atoms with E-state index in [4.69, 9.17) is 4.74 Å². The number of hydrogen-bond acceptors (Lipinski definition) is 3. The summed E-state index contributed by atoms with van der Waals surface area (Å²) in [6, 6.07) is 7.78. The summed E-state index contributed by atoms with van der Waals surface area (Å²) in [5.41, 5.74) is 1.13. The lowest BCUT2D eigenvalue weighted by Gasteiger charge is -2.15. The van der Waals surface area contributed by atoms with Crippen LogP contribution >= 0.6 is 11.8 Å². The van der Waals surface area contributed by atoms with Crippen LogP contribution < -0.4 is 10.1 Å². The van der Waals surface area contributed by atoms with Crippen LogP contribution in [0.25, 0.3) is 0 Å². The second-order valence-corrected chi connectivity index (χ2v) is 7.05. The van der Waals surface area contributed by atoms with Crippen LogP contribution in [0, 0.1) is 6.92 Å². The van der Waals surface area contributed by atoms with Crippen LogP contribution in [-0.2, 0) is 4.79 Å². The molecule has 1 N–H and O–H groups in total. The number of nitrogens with one attached hydrogen (secondary N) is 1. The first-order valence-corrected chi connectivity index (χ1v) is 8.82. The van der Waals surface area contributed by atoms with E-state index in [1.807, 2.05) is 43.0 Å². The molecule has 1 aliphatic carbocycles. The summed E-state index contributed by atoms with van der Waals surface area (Å²) >= 11 is 1.99. The van der Waals surface area contributed by atoms with Crippen LogP contribution in [0.4, 0.5) is 0 Å². The smallest absolute Gasteiger partial charge is 0.260 e. The standard InChI is InChI=1S/C17H25NO2S/c1-13-6-5-7-15(12-13)20-14(2)17(19)18-10-11-21-16-8-3-4-9-16/h5-7,12,14,16H,3-4,8-11H2,1-2H3,(H,18,19). The molecule has 1 aromatic rings. The highest BCUT2D eigenvalue weighted by molar-refractivity contribution is 7.99. The van der Waals surface area contributed by atoms with E-state index in [2.05, 4.69) is 5.32 Å². The second kappa shape index (κ2) is 8.32. The monoisotopic (exact) mass is 307 g/mol. The summed E-state index contributed by atoms with van der Waals surface area (Å²) < 4.78 is 5.67. The summed E-state index contributed by atoms with van der Waals surface area (Å²) in [6.07, 6.45) is 4.96. The van der Waals surface area contributed by atoms with Gasteiger partial charge in [0, 0.05) is 17.5 Å². The quantitative estimate of drug-likeness (QED) is 0.783. The van der Waals surface area contributed by atoms with E-state index in [1.165, 1.54) is 25.7 Å². The molecule has 4 heteroatoms. The van der Waals surface area contributed by atoms with Crippen molar-refractivity contribution in [2.75, 3.05) is 12.3 Å². The third-order valence-electron chi connectivity index (χ3n) is 3.73. The van der Waals surface area contributed by atoms with Crippen molar-refractivity contribution in [2.45, 2.75) is 50.9 Å². The maximum absolute atomic E-state index is 12.0. The Labute approximate surface area is 131 Å². The van der Waals surface area contributed by atoms with Gasteiger partial charge in [-0.15, -0.1) is 0 Å². The summed E-state index contributed by atoms with van der Waals surface area (Å²) in [5.74, 6) is 1.70. The normalized spacial score (nSPS) is 16.7. The number of hydrogen-bond donors (Lipinski definition) is 1. The Morgan fingerprint density at radius 3 is 2.90 bits per heavy atom. The lowest BCUT2D eigenvalue weighted by Crippen LogP contribution is -2.37. The van der Waals surface area contributed by atoms with Gasteiger partial charge in [-0.3, -0.25) is 4.79 Å². The van der Waals surface area contributed by atoms with Crippen molar-refractivity contribution in [3.63, 3.8) is 0 Å². The first-order valence-electron chi connectivity index (χ1n) is 7.78. The highest BCUT2D eigenvalue weighted by atomic mass is 32.2. The van der Waals surface area contributed by atoms with Gasteiger partial charge in [0.25, 0.3) is 5.91 Å². The van der Waals surface area contributed by atoms with Crippen molar-refractivity contribution >= 4 is 17.7 Å². The third-order valence-corrected chi connectivity index (χ3v) is 5.11. The van der Waals surface area contributed by atoms with Crippen molar-refractivity contribution in [1.29, 1.82) is 0 Å². The number of amides is 1.